The molecular formula is C22H18ClN5O2. The van der Waals surface area contributed by atoms with E-state index in [2.05, 4.69) is 15.3 Å². The van der Waals surface area contributed by atoms with Gasteiger partial charge < -0.3 is 10.7 Å². The Labute approximate surface area is 178 Å². The van der Waals surface area contributed by atoms with Crippen molar-refractivity contribution in [3.05, 3.63) is 87.5 Å². The van der Waals surface area contributed by atoms with E-state index >= 15 is 0 Å². The van der Waals surface area contributed by atoms with Crippen LogP contribution in [0.5, 0.6) is 0 Å². The highest BCUT2D eigenvalue weighted by atomic mass is 35.5. The van der Waals surface area contributed by atoms with Crippen molar-refractivity contribution in [3.63, 3.8) is 0 Å². The molecule has 0 aliphatic rings. The van der Waals surface area contributed by atoms with Crippen LogP contribution in [0.1, 0.15) is 38.9 Å². The number of rotatable bonds is 6. The van der Waals surface area contributed by atoms with Gasteiger partial charge in [-0.2, -0.15) is 5.10 Å². The standard InChI is InChI=1S/C22H18ClN5O2/c1-13(24)14-4-6-15(7-5-14)21(29)11-20-17(12-26-28(20)3)22(30)27-18-9-8-16(23)10-19(18)25-2/h4-10,12,24H,11H2,1,3H3,(H,27,30). The van der Waals surface area contributed by atoms with Gasteiger partial charge >= 0.3 is 0 Å². The van der Waals surface area contributed by atoms with E-state index < -0.39 is 5.91 Å². The minimum Gasteiger partial charge on any atom is -0.331 e. The van der Waals surface area contributed by atoms with Crippen LogP contribution in [-0.2, 0) is 13.5 Å². The lowest BCUT2D eigenvalue weighted by atomic mass is 10.0. The van der Waals surface area contributed by atoms with Crippen LogP contribution < -0.4 is 5.32 Å². The fraction of sp³-hybridized carbons (Fsp3) is 0.136. The van der Waals surface area contributed by atoms with Crippen molar-refractivity contribution in [2.24, 2.45) is 7.05 Å². The molecule has 2 N–H and O–H groups in total. The summed E-state index contributed by atoms with van der Waals surface area (Å²) < 4.78 is 1.49. The Kier molecular flexibility index (Phi) is 6.09. The second-order valence-electron chi connectivity index (χ2n) is 6.66. The Balaban J connectivity index is 1.82. The molecule has 7 nitrogen and oxygen atoms in total. The van der Waals surface area contributed by atoms with Gasteiger partial charge in [0.1, 0.15) is 0 Å². The minimum absolute atomic E-state index is 0.0154. The third-order valence-corrected chi connectivity index (χ3v) is 4.84. The summed E-state index contributed by atoms with van der Waals surface area (Å²) in [5.41, 5.74) is 2.91. The fourth-order valence-electron chi connectivity index (χ4n) is 2.92. The lowest BCUT2D eigenvalue weighted by Crippen LogP contribution is -2.17. The molecule has 8 heteroatoms. The number of Topliss-reactive ketones (excluding diaryl/α,β-unsaturated/α-hetero) is 1. The zero-order valence-electron chi connectivity index (χ0n) is 16.4. The third kappa shape index (κ3) is 4.45. The Morgan fingerprint density at radius 3 is 2.50 bits per heavy atom. The summed E-state index contributed by atoms with van der Waals surface area (Å²) >= 11 is 5.90. The maximum Gasteiger partial charge on any atom is 0.258 e. The first-order valence-corrected chi connectivity index (χ1v) is 9.36. The minimum atomic E-state index is -0.465. The predicted molar refractivity (Wildman–Crippen MR) is 116 cm³/mol. The molecule has 1 aromatic heterocycles. The van der Waals surface area contributed by atoms with Crippen molar-refractivity contribution in [1.82, 2.24) is 9.78 Å². The van der Waals surface area contributed by atoms with Gasteiger partial charge in [0.15, 0.2) is 5.78 Å². The number of nitrogens with zero attached hydrogens (tertiary/aromatic N) is 3. The van der Waals surface area contributed by atoms with E-state index in [1.54, 1.807) is 50.4 Å². The molecule has 1 amide bonds. The van der Waals surface area contributed by atoms with Crippen molar-refractivity contribution < 1.29 is 9.59 Å². The van der Waals surface area contributed by atoms with Gasteiger partial charge in [-0.05, 0) is 30.7 Å². The van der Waals surface area contributed by atoms with E-state index in [1.165, 1.54) is 16.9 Å². The van der Waals surface area contributed by atoms with E-state index in [0.29, 0.717) is 27.7 Å². The van der Waals surface area contributed by atoms with Crippen LogP contribution in [0.15, 0.2) is 48.7 Å². The number of carbonyl (C=O) groups is 2. The van der Waals surface area contributed by atoms with E-state index in [1.807, 2.05) is 0 Å². The molecule has 3 rings (SSSR count). The normalized spacial score (nSPS) is 10.3. The van der Waals surface area contributed by atoms with Gasteiger partial charge in [-0.25, -0.2) is 4.85 Å². The number of amides is 1. The highest BCUT2D eigenvalue weighted by molar-refractivity contribution is 6.31. The highest BCUT2D eigenvalue weighted by Crippen LogP contribution is 2.29. The largest absolute Gasteiger partial charge is 0.331 e. The maximum atomic E-state index is 12.8. The van der Waals surface area contributed by atoms with Gasteiger partial charge in [-0.1, -0.05) is 35.9 Å². The number of carbonyl (C=O) groups excluding carboxylic acids is 2. The number of ketones is 1. The first kappa shape index (κ1) is 21.0. The molecular weight excluding hydrogens is 402 g/mol. The SMILES string of the molecule is [C-]#[N+]c1cc(Cl)ccc1NC(=O)c1cnn(C)c1CC(=O)c1ccc(C(C)=N)cc1. The van der Waals surface area contributed by atoms with Crippen LogP contribution in [-0.4, -0.2) is 27.2 Å². The molecule has 0 saturated carbocycles. The maximum absolute atomic E-state index is 12.8. The van der Waals surface area contributed by atoms with Crippen molar-refractivity contribution in [2.45, 2.75) is 13.3 Å². The molecule has 30 heavy (non-hydrogen) atoms. The smallest absolute Gasteiger partial charge is 0.258 e. The zero-order valence-corrected chi connectivity index (χ0v) is 17.1. The number of hydrogen-bond donors (Lipinski definition) is 2. The predicted octanol–water partition coefficient (Wildman–Crippen LogP) is 4.69. The first-order chi connectivity index (χ1) is 14.3. The summed E-state index contributed by atoms with van der Waals surface area (Å²) in [5, 5.41) is 14.8. The van der Waals surface area contributed by atoms with E-state index in [4.69, 9.17) is 23.6 Å². The van der Waals surface area contributed by atoms with Crippen LogP contribution in [0, 0.1) is 12.0 Å². The lowest BCUT2D eigenvalue weighted by Gasteiger charge is -2.09. The summed E-state index contributed by atoms with van der Waals surface area (Å²) in [5.74, 6) is -0.636. The van der Waals surface area contributed by atoms with Crippen molar-refractivity contribution >= 4 is 40.4 Å². The molecule has 0 atom stereocenters. The monoisotopic (exact) mass is 419 g/mol. The van der Waals surface area contributed by atoms with Gasteiger partial charge in [-0.3, -0.25) is 14.3 Å². The second-order valence-corrected chi connectivity index (χ2v) is 7.09. The van der Waals surface area contributed by atoms with Gasteiger partial charge in [0.25, 0.3) is 5.91 Å². The van der Waals surface area contributed by atoms with Crippen molar-refractivity contribution in [1.29, 1.82) is 5.41 Å². The van der Waals surface area contributed by atoms with Gasteiger partial charge in [-0.15, -0.1) is 0 Å². The molecule has 0 bridgehead atoms. The van der Waals surface area contributed by atoms with Crippen LogP contribution in [0.2, 0.25) is 5.02 Å². The molecule has 0 saturated heterocycles. The number of halogens is 1. The zero-order chi connectivity index (χ0) is 21.8. The van der Waals surface area contributed by atoms with Crippen LogP contribution in [0.4, 0.5) is 11.4 Å². The van der Waals surface area contributed by atoms with Gasteiger partial charge in [0, 0.05) is 29.0 Å². The summed E-state index contributed by atoms with van der Waals surface area (Å²) in [4.78, 5) is 28.9. The average molecular weight is 420 g/mol. The van der Waals surface area contributed by atoms with Crippen LogP contribution in [0.25, 0.3) is 4.85 Å². The fourth-order valence-corrected chi connectivity index (χ4v) is 3.08. The highest BCUT2D eigenvalue weighted by Gasteiger charge is 2.20. The number of benzene rings is 2. The van der Waals surface area contributed by atoms with E-state index in [-0.39, 0.29) is 23.5 Å². The summed E-state index contributed by atoms with van der Waals surface area (Å²) in [6.45, 7) is 8.92. The number of hydrogen-bond acceptors (Lipinski definition) is 4. The molecule has 1 heterocycles. The number of nitrogens with one attached hydrogen (secondary N) is 2. The van der Waals surface area contributed by atoms with Crippen LogP contribution in [0.3, 0.4) is 0 Å². The Morgan fingerprint density at radius 2 is 1.87 bits per heavy atom. The molecule has 2 aromatic carbocycles. The van der Waals surface area contributed by atoms with E-state index in [9.17, 15) is 9.59 Å². The summed E-state index contributed by atoms with van der Waals surface area (Å²) in [6, 6.07) is 11.4. The number of anilines is 1. The van der Waals surface area contributed by atoms with Crippen molar-refractivity contribution in [3.8, 4) is 0 Å². The quantitative estimate of drug-likeness (QED) is 0.345. The van der Waals surface area contributed by atoms with Gasteiger partial charge in [0.05, 0.1) is 30.4 Å². The molecule has 150 valence electrons. The van der Waals surface area contributed by atoms with Crippen LogP contribution >= 0.6 is 11.6 Å². The molecule has 0 radical (unpaired) electrons. The molecule has 3 aromatic rings. The van der Waals surface area contributed by atoms with E-state index in [0.717, 1.165) is 5.56 Å². The second kappa shape index (κ2) is 8.72. The molecule has 0 aliphatic carbocycles. The molecule has 0 unspecified atom stereocenters. The topological polar surface area (TPSA) is 92.2 Å². The molecule has 0 fully saturated rings. The lowest BCUT2D eigenvalue weighted by molar-refractivity contribution is 0.0990. The van der Waals surface area contributed by atoms with Crippen molar-refractivity contribution in [2.75, 3.05) is 5.32 Å². The average Bonchev–Trinajstić information content (AvgIpc) is 3.09. The Morgan fingerprint density at radius 1 is 1.20 bits per heavy atom. The Hall–Kier alpha value is -3.76. The summed E-state index contributed by atoms with van der Waals surface area (Å²) in [7, 11) is 1.66. The Bertz CT molecular complexity index is 1190. The number of aryl methyl sites for hydroxylation is 1. The summed E-state index contributed by atoms with van der Waals surface area (Å²) in [6.07, 6.45) is 1.38. The molecule has 0 aliphatic heterocycles. The van der Waals surface area contributed by atoms with Gasteiger partial charge in [0.2, 0.25) is 5.69 Å². The first-order valence-electron chi connectivity index (χ1n) is 8.98. The molecule has 0 spiro atoms. The number of aromatic nitrogens is 2. The third-order valence-electron chi connectivity index (χ3n) is 4.60.